The summed E-state index contributed by atoms with van der Waals surface area (Å²) >= 11 is 0. The maximum Gasteiger partial charge on any atom is 0.211 e. The molecule has 1 N–H and O–H groups in total. The normalized spacial score (nSPS) is 19.1. The van der Waals surface area contributed by atoms with E-state index in [1.54, 1.807) is 0 Å². The number of nitrogens with zero attached hydrogens (tertiary/aromatic N) is 1. The number of aliphatic hydroxyl groups excluding tert-OH is 1. The summed E-state index contributed by atoms with van der Waals surface area (Å²) in [7, 11) is -3.44. The van der Waals surface area contributed by atoms with Crippen molar-refractivity contribution in [3.63, 3.8) is 0 Å². The molecule has 0 saturated carbocycles. The van der Waals surface area contributed by atoms with Crippen molar-refractivity contribution in [1.82, 2.24) is 4.31 Å². The minimum atomic E-state index is -3.44. The molecule has 26 heavy (non-hydrogen) atoms. The second-order valence-electron chi connectivity index (χ2n) is 7.43. The molecular weight excluding hydrogens is 354 g/mol. The van der Waals surface area contributed by atoms with Crippen LogP contribution in [0.4, 0.5) is 0 Å². The Morgan fingerprint density at radius 1 is 1.35 bits per heavy atom. The number of hydrogen-bond donors (Lipinski definition) is 1. The molecule has 0 spiro atoms. The predicted molar refractivity (Wildman–Crippen MR) is 102 cm³/mol. The highest BCUT2D eigenvalue weighted by molar-refractivity contribution is 7.88. The average molecular weight is 386 g/mol. The monoisotopic (exact) mass is 385 g/mol. The highest BCUT2D eigenvalue weighted by Crippen LogP contribution is 2.44. The number of sulfonamides is 1. The zero-order chi connectivity index (χ0) is 19.4. The van der Waals surface area contributed by atoms with Crippen LogP contribution in [0, 0.1) is 0 Å². The Morgan fingerprint density at radius 3 is 2.69 bits per heavy atom. The van der Waals surface area contributed by atoms with Crippen LogP contribution >= 0.6 is 0 Å². The number of ether oxygens (including phenoxy) is 2. The average Bonchev–Trinajstić information content (AvgIpc) is 2.53. The van der Waals surface area contributed by atoms with Crippen LogP contribution in [-0.2, 0) is 10.0 Å². The molecule has 1 aromatic carbocycles. The lowest BCUT2D eigenvalue weighted by Crippen LogP contribution is -2.44. The first-order valence-electron chi connectivity index (χ1n) is 9.21. The largest absolute Gasteiger partial charge is 0.494 e. The third kappa shape index (κ3) is 5.34. The maximum atomic E-state index is 12.4. The summed E-state index contributed by atoms with van der Waals surface area (Å²) in [6.07, 6.45) is 4.17. The van der Waals surface area contributed by atoms with Gasteiger partial charge in [-0.15, -0.1) is 0 Å². The number of unbranched alkanes of at least 4 members (excludes halogenated alkanes) is 1. The van der Waals surface area contributed by atoms with Crippen molar-refractivity contribution >= 4 is 10.0 Å². The summed E-state index contributed by atoms with van der Waals surface area (Å²) in [6, 6.07) is 5.27. The summed E-state index contributed by atoms with van der Waals surface area (Å²) in [5, 5.41) is 9.18. The SMILES string of the molecule is CCCCOc1ccc2c(c1)C(N(CCCO)S(C)(=O)=O)CC(C)(C)O2. The molecular formula is C19H31NO5S. The Kier molecular flexibility index (Phi) is 6.93. The molecule has 6 nitrogen and oxygen atoms in total. The Labute approximate surface area is 157 Å². The Balaban J connectivity index is 2.40. The van der Waals surface area contributed by atoms with Gasteiger partial charge < -0.3 is 14.6 Å². The molecule has 2 rings (SSSR count). The van der Waals surface area contributed by atoms with Crippen LogP contribution < -0.4 is 9.47 Å². The number of rotatable bonds is 9. The fourth-order valence-corrected chi connectivity index (χ4v) is 4.37. The lowest BCUT2D eigenvalue weighted by atomic mass is 9.89. The standard InChI is InChI=1S/C19H31NO5S/c1-5-6-12-24-15-8-9-18-16(13-15)17(14-19(2,3)25-18)20(10-7-11-21)26(4,22)23/h8-9,13,17,21H,5-7,10-12,14H2,1-4H3. The van der Waals surface area contributed by atoms with E-state index in [1.165, 1.54) is 10.6 Å². The smallest absolute Gasteiger partial charge is 0.211 e. The highest BCUT2D eigenvalue weighted by atomic mass is 32.2. The summed E-state index contributed by atoms with van der Waals surface area (Å²) in [5.74, 6) is 1.41. The van der Waals surface area contributed by atoms with E-state index < -0.39 is 15.6 Å². The summed E-state index contributed by atoms with van der Waals surface area (Å²) in [4.78, 5) is 0. The van der Waals surface area contributed by atoms with Gasteiger partial charge in [-0.2, -0.15) is 4.31 Å². The quantitative estimate of drug-likeness (QED) is 0.661. The van der Waals surface area contributed by atoms with E-state index in [9.17, 15) is 13.5 Å². The van der Waals surface area contributed by atoms with Crippen molar-refractivity contribution in [3.8, 4) is 11.5 Å². The second kappa shape index (κ2) is 8.59. The Hall–Kier alpha value is -1.31. The van der Waals surface area contributed by atoms with E-state index in [1.807, 2.05) is 32.0 Å². The van der Waals surface area contributed by atoms with Crippen molar-refractivity contribution < 1.29 is 23.0 Å². The van der Waals surface area contributed by atoms with Crippen LogP contribution in [0.15, 0.2) is 18.2 Å². The van der Waals surface area contributed by atoms with Crippen molar-refractivity contribution in [3.05, 3.63) is 23.8 Å². The van der Waals surface area contributed by atoms with E-state index in [2.05, 4.69) is 6.92 Å². The van der Waals surface area contributed by atoms with E-state index >= 15 is 0 Å². The third-order valence-corrected chi connectivity index (χ3v) is 5.78. The van der Waals surface area contributed by atoms with Gasteiger partial charge in [-0.05, 0) is 44.9 Å². The fraction of sp³-hybridized carbons (Fsp3) is 0.684. The number of fused-ring (bicyclic) bond motifs is 1. The molecule has 0 fully saturated rings. The van der Waals surface area contributed by atoms with Crippen LogP contribution in [0.3, 0.4) is 0 Å². The predicted octanol–water partition coefficient (Wildman–Crippen LogP) is 3.11. The summed E-state index contributed by atoms with van der Waals surface area (Å²) in [6.45, 7) is 6.88. The second-order valence-corrected chi connectivity index (χ2v) is 9.37. The third-order valence-electron chi connectivity index (χ3n) is 4.49. The molecule has 0 bridgehead atoms. The van der Waals surface area contributed by atoms with E-state index in [4.69, 9.17) is 9.47 Å². The molecule has 148 valence electrons. The molecule has 1 unspecified atom stereocenters. The van der Waals surface area contributed by atoms with Crippen LogP contribution in [0.25, 0.3) is 0 Å². The van der Waals surface area contributed by atoms with Crippen molar-refractivity contribution in [2.45, 2.75) is 58.1 Å². The van der Waals surface area contributed by atoms with Gasteiger partial charge in [0.2, 0.25) is 10.0 Å². The Bertz CT molecular complexity index is 702. The first-order valence-corrected chi connectivity index (χ1v) is 11.1. The van der Waals surface area contributed by atoms with Crippen molar-refractivity contribution in [2.75, 3.05) is 26.0 Å². The molecule has 0 saturated heterocycles. The van der Waals surface area contributed by atoms with Gasteiger partial charge in [-0.25, -0.2) is 8.42 Å². The molecule has 0 radical (unpaired) electrons. The highest BCUT2D eigenvalue weighted by Gasteiger charge is 2.39. The number of aliphatic hydroxyl groups is 1. The van der Waals surface area contributed by atoms with Gasteiger partial charge in [0.1, 0.15) is 17.1 Å². The molecule has 1 aliphatic heterocycles. The molecule has 1 heterocycles. The Morgan fingerprint density at radius 2 is 2.08 bits per heavy atom. The molecule has 7 heteroatoms. The molecule has 1 atom stereocenters. The topological polar surface area (TPSA) is 76.1 Å². The zero-order valence-electron chi connectivity index (χ0n) is 16.2. The lowest BCUT2D eigenvalue weighted by molar-refractivity contribution is 0.0493. The molecule has 1 aliphatic rings. The lowest BCUT2D eigenvalue weighted by Gasteiger charge is -2.41. The van der Waals surface area contributed by atoms with Gasteiger partial charge in [0.15, 0.2) is 0 Å². The van der Waals surface area contributed by atoms with Gasteiger partial charge >= 0.3 is 0 Å². The van der Waals surface area contributed by atoms with Crippen molar-refractivity contribution in [2.24, 2.45) is 0 Å². The van der Waals surface area contributed by atoms with Gasteiger partial charge in [0, 0.05) is 25.1 Å². The summed E-state index contributed by atoms with van der Waals surface area (Å²) in [5.41, 5.74) is 0.339. The van der Waals surface area contributed by atoms with Crippen LogP contribution in [0.2, 0.25) is 0 Å². The maximum absolute atomic E-state index is 12.4. The van der Waals surface area contributed by atoms with Crippen LogP contribution in [0.5, 0.6) is 11.5 Å². The minimum absolute atomic E-state index is 0.0499. The minimum Gasteiger partial charge on any atom is -0.494 e. The summed E-state index contributed by atoms with van der Waals surface area (Å²) < 4.78 is 38.2. The van der Waals surface area contributed by atoms with Gasteiger partial charge in [0.25, 0.3) is 0 Å². The van der Waals surface area contributed by atoms with Gasteiger partial charge in [0.05, 0.1) is 18.9 Å². The van der Waals surface area contributed by atoms with Crippen molar-refractivity contribution in [1.29, 1.82) is 0 Å². The number of hydrogen-bond acceptors (Lipinski definition) is 5. The number of benzene rings is 1. The molecule has 1 aromatic rings. The van der Waals surface area contributed by atoms with Crippen LogP contribution in [0.1, 0.15) is 58.1 Å². The molecule has 0 aromatic heterocycles. The van der Waals surface area contributed by atoms with Crippen LogP contribution in [-0.4, -0.2) is 49.4 Å². The molecule has 0 amide bonds. The first-order chi connectivity index (χ1) is 12.2. The fourth-order valence-electron chi connectivity index (χ4n) is 3.26. The first kappa shape index (κ1) is 21.0. The van der Waals surface area contributed by atoms with E-state index in [-0.39, 0.29) is 19.2 Å². The molecule has 0 aliphatic carbocycles. The van der Waals surface area contributed by atoms with Gasteiger partial charge in [-0.3, -0.25) is 0 Å². The van der Waals surface area contributed by atoms with E-state index in [0.29, 0.717) is 25.2 Å². The van der Waals surface area contributed by atoms with Gasteiger partial charge in [-0.1, -0.05) is 13.3 Å². The zero-order valence-corrected chi connectivity index (χ0v) is 17.0. The van der Waals surface area contributed by atoms with E-state index in [0.717, 1.165) is 24.2 Å².